The number of fused-ring (bicyclic) bond motifs is 5. The molecule has 4 nitrogen and oxygen atoms in total. The standard InChI is InChI=1S/C19H14O4/c20-19-13-9-16-17(22-8-7-21-16)10-15(13)23-14-6-5-11-3-1-2-4-12(11)18(14)19/h2,4-6,9-10H,1,3,7-8H2. The maximum atomic E-state index is 13.1. The SMILES string of the molecule is O=c1c2cc3c(cc2oc2ccc4c(c12)C=CCC4)OCCO3. The van der Waals surface area contributed by atoms with Gasteiger partial charge >= 0.3 is 0 Å². The van der Waals surface area contributed by atoms with E-state index in [9.17, 15) is 4.79 Å². The van der Waals surface area contributed by atoms with Crippen molar-refractivity contribution in [2.75, 3.05) is 13.2 Å². The first-order chi connectivity index (χ1) is 11.3. The first kappa shape index (κ1) is 12.8. The van der Waals surface area contributed by atoms with Gasteiger partial charge in [-0.3, -0.25) is 4.79 Å². The minimum absolute atomic E-state index is 0.0124. The summed E-state index contributed by atoms with van der Waals surface area (Å²) in [6.45, 7) is 1.00. The highest BCUT2D eigenvalue weighted by atomic mass is 16.6. The second-order valence-corrected chi connectivity index (χ2v) is 5.88. The van der Waals surface area contributed by atoms with Crippen molar-refractivity contribution in [3.63, 3.8) is 0 Å². The van der Waals surface area contributed by atoms with Gasteiger partial charge in [-0.05, 0) is 36.1 Å². The molecule has 114 valence electrons. The average Bonchev–Trinajstić information content (AvgIpc) is 2.60. The molecular formula is C19H14O4. The molecule has 1 aliphatic heterocycles. The molecule has 0 bridgehead atoms. The molecule has 0 atom stereocenters. The predicted molar refractivity (Wildman–Crippen MR) is 88.3 cm³/mol. The Morgan fingerprint density at radius 1 is 0.957 bits per heavy atom. The molecule has 5 rings (SSSR count). The molecule has 0 radical (unpaired) electrons. The molecule has 2 aromatic carbocycles. The summed E-state index contributed by atoms with van der Waals surface area (Å²) >= 11 is 0. The zero-order valence-electron chi connectivity index (χ0n) is 12.4. The quantitative estimate of drug-likeness (QED) is 0.595. The van der Waals surface area contributed by atoms with E-state index in [0.717, 1.165) is 18.4 Å². The topological polar surface area (TPSA) is 48.7 Å². The molecule has 0 saturated carbocycles. The van der Waals surface area contributed by atoms with E-state index in [1.807, 2.05) is 18.2 Å². The maximum Gasteiger partial charge on any atom is 0.201 e. The largest absolute Gasteiger partial charge is 0.486 e. The highest BCUT2D eigenvalue weighted by Gasteiger charge is 2.19. The Balaban J connectivity index is 1.91. The van der Waals surface area contributed by atoms with Crippen LogP contribution in [0, 0.1) is 0 Å². The Kier molecular flexibility index (Phi) is 2.56. The van der Waals surface area contributed by atoms with Crippen LogP contribution in [-0.4, -0.2) is 13.2 Å². The summed E-state index contributed by atoms with van der Waals surface area (Å²) in [6, 6.07) is 7.43. The smallest absolute Gasteiger partial charge is 0.201 e. The van der Waals surface area contributed by atoms with Gasteiger partial charge in [0.15, 0.2) is 11.5 Å². The van der Waals surface area contributed by atoms with Crippen molar-refractivity contribution in [1.29, 1.82) is 0 Å². The second kappa shape index (κ2) is 4.62. The van der Waals surface area contributed by atoms with Gasteiger partial charge in [0.25, 0.3) is 0 Å². The van der Waals surface area contributed by atoms with Crippen LogP contribution in [0.2, 0.25) is 0 Å². The van der Waals surface area contributed by atoms with Crippen molar-refractivity contribution in [1.82, 2.24) is 0 Å². The zero-order chi connectivity index (χ0) is 15.4. The van der Waals surface area contributed by atoms with Crippen LogP contribution in [0.5, 0.6) is 11.5 Å². The van der Waals surface area contributed by atoms with Gasteiger partial charge in [-0.1, -0.05) is 18.2 Å². The molecule has 0 unspecified atom stereocenters. The van der Waals surface area contributed by atoms with Crippen LogP contribution in [0.15, 0.2) is 39.6 Å². The van der Waals surface area contributed by atoms with Gasteiger partial charge in [-0.25, -0.2) is 0 Å². The van der Waals surface area contributed by atoms with Crippen LogP contribution in [-0.2, 0) is 6.42 Å². The molecule has 0 spiro atoms. The molecule has 2 heterocycles. The van der Waals surface area contributed by atoms with Crippen molar-refractivity contribution in [2.24, 2.45) is 0 Å². The molecule has 0 saturated heterocycles. The average molecular weight is 306 g/mol. The van der Waals surface area contributed by atoms with Gasteiger partial charge in [0.1, 0.15) is 24.4 Å². The molecule has 4 heteroatoms. The predicted octanol–water partition coefficient (Wildman–Crippen LogP) is 3.68. The number of benzene rings is 2. The molecular weight excluding hydrogens is 292 g/mol. The van der Waals surface area contributed by atoms with Crippen LogP contribution in [0.4, 0.5) is 0 Å². The van der Waals surface area contributed by atoms with Crippen LogP contribution < -0.4 is 14.9 Å². The summed E-state index contributed by atoms with van der Waals surface area (Å²) < 4.78 is 17.2. The Hall–Kier alpha value is -2.75. The van der Waals surface area contributed by atoms with E-state index in [-0.39, 0.29) is 5.43 Å². The molecule has 1 aromatic heterocycles. The minimum Gasteiger partial charge on any atom is -0.486 e. The lowest BCUT2D eigenvalue weighted by molar-refractivity contribution is 0.172. The number of hydrogen-bond donors (Lipinski definition) is 0. The molecule has 3 aromatic rings. The monoisotopic (exact) mass is 306 g/mol. The van der Waals surface area contributed by atoms with E-state index >= 15 is 0 Å². The van der Waals surface area contributed by atoms with Crippen LogP contribution in [0.25, 0.3) is 28.0 Å². The fraction of sp³-hybridized carbons (Fsp3) is 0.211. The third-order valence-corrected chi connectivity index (χ3v) is 4.50. The van der Waals surface area contributed by atoms with Crippen molar-refractivity contribution in [2.45, 2.75) is 12.8 Å². The molecule has 2 aliphatic rings. The van der Waals surface area contributed by atoms with Crippen LogP contribution >= 0.6 is 0 Å². The summed E-state index contributed by atoms with van der Waals surface area (Å²) in [7, 11) is 0. The fourth-order valence-corrected chi connectivity index (χ4v) is 3.40. The number of hydrogen-bond acceptors (Lipinski definition) is 4. The Bertz CT molecular complexity index is 1040. The number of allylic oxidation sites excluding steroid dienone is 1. The van der Waals surface area contributed by atoms with Gasteiger partial charge in [0.2, 0.25) is 5.43 Å². The number of rotatable bonds is 0. The fourth-order valence-electron chi connectivity index (χ4n) is 3.40. The minimum atomic E-state index is -0.0124. The molecule has 23 heavy (non-hydrogen) atoms. The van der Waals surface area contributed by atoms with Crippen molar-refractivity contribution in [3.05, 3.63) is 51.7 Å². The number of ether oxygens (including phenoxy) is 2. The summed E-state index contributed by atoms with van der Waals surface area (Å²) in [5.41, 5.74) is 3.32. The lowest BCUT2D eigenvalue weighted by Crippen LogP contribution is -2.16. The summed E-state index contributed by atoms with van der Waals surface area (Å²) in [6.07, 6.45) is 6.10. The zero-order valence-corrected chi connectivity index (χ0v) is 12.4. The van der Waals surface area contributed by atoms with E-state index in [4.69, 9.17) is 13.9 Å². The van der Waals surface area contributed by atoms with Gasteiger partial charge in [-0.15, -0.1) is 0 Å². The van der Waals surface area contributed by atoms with Gasteiger partial charge in [-0.2, -0.15) is 0 Å². The van der Waals surface area contributed by atoms with Gasteiger partial charge < -0.3 is 13.9 Å². The van der Waals surface area contributed by atoms with Crippen molar-refractivity contribution >= 4 is 28.0 Å². The Morgan fingerprint density at radius 3 is 2.65 bits per heavy atom. The lowest BCUT2D eigenvalue weighted by Gasteiger charge is -2.19. The normalized spacial score (nSPS) is 15.8. The molecule has 0 amide bonds. The van der Waals surface area contributed by atoms with Crippen LogP contribution in [0.3, 0.4) is 0 Å². The maximum absolute atomic E-state index is 13.1. The van der Waals surface area contributed by atoms with E-state index < -0.39 is 0 Å². The third-order valence-electron chi connectivity index (χ3n) is 4.50. The second-order valence-electron chi connectivity index (χ2n) is 5.88. The van der Waals surface area contributed by atoms with Gasteiger partial charge in [0, 0.05) is 6.07 Å². The Labute approximate surface area is 131 Å². The van der Waals surface area contributed by atoms with E-state index in [1.54, 1.807) is 12.1 Å². The van der Waals surface area contributed by atoms with E-state index in [1.165, 1.54) is 5.56 Å². The van der Waals surface area contributed by atoms with Crippen molar-refractivity contribution < 1.29 is 13.9 Å². The first-order valence-corrected chi connectivity index (χ1v) is 7.80. The molecule has 0 N–H and O–H groups in total. The highest BCUT2D eigenvalue weighted by Crippen LogP contribution is 2.35. The molecule has 1 aliphatic carbocycles. The molecule has 0 fully saturated rings. The summed E-state index contributed by atoms with van der Waals surface area (Å²) in [5, 5.41) is 1.19. The highest BCUT2D eigenvalue weighted by molar-refractivity contribution is 5.96. The van der Waals surface area contributed by atoms with E-state index in [2.05, 4.69) is 6.08 Å². The van der Waals surface area contributed by atoms with E-state index in [0.29, 0.717) is 46.7 Å². The third kappa shape index (κ3) is 1.81. The summed E-state index contributed by atoms with van der Waals surface area (Å²) in [4.78, 5) is 13.1. The van der Waals surface area contributed by atoms with Gasteiger partial charge in [0.05, 0.1) is 10.8 Å². The number of aryl methyl sites for hydroxylation is 1. The Morgan fingerprint density at radius 2 is 1.78 bits per heavy atom. The van der Waals surface area contributed by atoms with Crippen molar-refractivity contribution in [3.8, 4) is 11.5 Å². The first-order valence-electron chi connectivity index (χ1n) is 7.80. The van der Waals surface area contributed by atoms with Crippen LogP contribution in [0.1, 0.15) is 17.5 Å². The summed E-state index contributed by atoms with van der Waals surface area (Å²) in [5.74, 6) is 1.24. The lowest BCUT2D eigenvalue weighted by atomic mass is 9.93.